The molecule has 1 fully saturated rings. The number of anilines is 1. The van der Waals surface area contributed by atoms with E-state index in [9.17, 15) is 4.79 Å². The Morgan fingerprint density at radius 3 is 3.06 bits per heavy atom. The maximum absolute atomic E-state index is 11.8. The number of esters is 1. The van der Waals surface area contributed by atoms with Crippen molar-refractivity contribution in [1.82, 2.24) is 4.98 Å². The van der Waals surface area contributed by atoms with Crippen molar-refractivity contribution in [3.63, 3.8) is 0 Å². The standard InChI is InChI=1S/C13H20N2O2S/c1-4-6-9-7-13(3,17-11(9)16)10-8-18-12(15-10)14-5-2/h8-9H,4-7H2,1-3H3,(H,14,15)/t9-,13-/m0/s1. The lowest BCUT2D eigenvalue weighted by Crippen LogP contribution is -2.21. The van der Waals surface area contributed by atoms with Crippen LogP contribution < -0.4 is 5.32 Å². The van der Waals surface area contributed by atoms with Gasteiger partial charge in [-0.15, -0.1) is 11.3 Å². The van der Waals surface area contributed by atoms with Crippen molar-refractivity contribution in [2.45, 2.75) is 45.6 Å². The van der Waals surface area contributed by atoms with Gasteiger partial charge in [0.05, 0.1) is 11.6 Å². The fraction of sp³-hybridized carbons (Fsp3) is 0.692. The Hall–Kier alpha value is -1.10. The minimum Gasteiger partial charge on any atom is -0.453 e. The monoisotopic (exact) mass is 268 g/mol. The number of hydrogen-bond donors (Lipinski definition) is 1. The van der Waals surface area contributed by atoms with Gasteiger partial charge in [0.1, 0.15) is 0 Å². The highest BCUT2D eigenvalue weighted by atomic mass is 32.1. The third-order valence-corrected chi connectivity index (χ3v) is 4.11. The normalized spacial score (nSPS) is 27.3. The molecular weight excluding hydrogens is 248 g/mol. The van der Waals surface area contributed by atoms with Crippen molar-refractivity contribution >= 4 is 22.4 Å². The number of aromatic nitrogens is 1. The predicted octanol–water partition coefficient (Wildman–Crippen LogP) is 3.15. The molecule has 1 saturated heterocycles. The fourth-order valence-corrected chi connectivity index (χ4v) is 3.28. The average molecular weight is 268 g/mol. The predicted molar refractivity (Wildman–Crippen MR) is 72.7 cm³/mol. The van der Waals surface area contributed by atoms with Crippen molar-refractivity contribution in [2.24, 2.45) is 5.92 Å². The summed E-state index contributed by atoms with van der Waals surface area (Å²) in [6.45, 7) is 6.94. The van der Waals surface area contributed by atoms with Crippen LogP contribution in [0.15, 0.2) is 5.38 Å². The molecule has 0 unspecified atom stereocenters. The van der Waals surface area contributed by atoms with Crippen LogP contribution >= 0.6 is 11.3 Å². The summed E-state index contributed by atoms with van der Waals surface area (Å²) in [7, 11) is 0. The number of rotatable bonds is 5. The van der Waals surface area contributed by atoms with Crippen molar-refractivity contribution < 1.29 is 9.53 Å². The molecule has 2 atom stereocenters. The molecule has 2 heterocycles. The second-order valence-corrected chi connectivity index (χ2v) is 5.77. The summed E-state index contributed by atoms with van der Waals surface area (Å²) >= 11 is 1.56. The number of nitrogens with one attached hydrogen (secondary N) is 1. The van der Waals surface area contributed by atoms with Crippen molar-refractivity contribution in [3.05, 3.63) is 11.1 Å². The molecule has 2 rings (SSSR count). The zero-order valence-electron chi connectivity index (χ0n) is 11.2. The second kappa shape index (κ2) is 5.26. The minimum absolute atomic E-state index is 0.0317. The Kier molecular flexibility index (Phi) is 3.90. The summed E-state index contributed by atoms with van der Waals surface area (Å²) < 4.78 is 5.57. The van der Waals surface area contributed by atoms with Gasteiger partial charge in [0.15, 0.2) is 10.7 Å². The van der Waals surface area contributed by atoms with E-state index in [-0.39, 0.29) is 11.9 Å². The Morgan fingerprint density at radius 2 is 2.39 bits per heavy atom. The number of nitrogens with zero attached hydrogens (tertiary/aromatic N) is 1. The van der Waals surface area contributed by atoms with Crippen LogP contribution in [0.25, 0.3) is 0 Å². The Bertz CT molecular complexity index is 432. The summed E-state index contributed by atoms with van der Waals surface area (Å²) in [4.78, 5) is 16.3. The van der Waals surface area contributed by atoms with Gasteiger partial charge in [0.25, 0.3) is 0 Å². The summed E-state index contributed by atoms with van der Waals surface area (Å²) in [5.74, 6) is -0.0402. The quantitative estimate of drug-likeness (QED) is 0.833. The van der Waals surface area contributed by atoms with Crippen molar-refractivity contribution in [2.75, 3.05) is 11.9 Å². The molecule has 100 valence electrons. The third kappa shape index (κ3) is 2.51. The molecule has 1 aromatic rings. The van der Waals surface area contributed by atoms with Crippen LogP contribution in [-0.4, -0.2) is 17.5 Å². The maximum atomic E-state index is 11.8. The molecule has 1 aliphatic rings. The number of thiazole rings is 1. The van der Waals surface area contributed by atoms with Crippen molar-refractivity contribution in [1.29, 1.82) is 0 Å². The van der Waals surface area contributed by atoms with Crippen LogP contribution in [0.4, 0.5) is 5.13 Å². The lowest BCUT2D eigenvalue weighted by Gasteiger charge is -2.19. The molecule has 0 aliphatic carbocycles. The maximum Gasteiger partial charge on any atom is 0.310 e. The Balaban J connectivity index is 2.13. The van der Waals surface area contributed by atoms with Crippen LogP contribution in [0.1, 0.15) is 45.7 Å². The lowest BCUT2D eigenvalue weighted by molar-refractivity contribution is -0.150. The molecule has 0 aromatic carbocycles. The second-order valence-electron chi connectivity index (χ2n) is 4.91. The molecule has 0 saturated carbocycles. The number of cyclic esters (lactones) is 1. The zero-order chi connectivity index (χ0) is 13.2. The summed E-state index contributed by atoms with van der Waals surface area (Å²) in [6, 6.07) is 0. The van der Waals surface area contributed by atoms with Gasteiger partial charge < -0.3 is 10.1 Å². The topological polar surface area (TPSA) is 51.2 Å². The number of carbonyl (C=O) groups is 1. The molecule has 0 spiro atoms. The van der Waals surface area contributed by atoms with E-state index in [1.165, 1.54) is 0 Å². The highest BCUT2D eigenvalue weighted by molar-refractivity contribution is 7.13. The van der Waals surface area contributed by atoms with E-state index in [1.807, 2.05) is 19.2 Å². The molecule has 1 aromatic heterocycles. The average Bonchev–Trinajstić information content (AvgIpc) is 2.87. The first-order chi connectivity index (χ1) is 8.59. The van der Waals surface area contributed by atoms with Crippen molar-refractivity contribution in [3.8, 4) is 0 Å². The largest absolute Gasteiger partial charge is 0.453 e. The van der Waals surface area contributed by atoms with E-state index in [0.717, 1.165) is 36.6 Å². The van der Waals surface area contributed by atoms with Crippen LogP contribution in [0.3, 0.4) is 0 Å². The highest BCUT2D eigenvalue weighted by Crippen LogP contribution is 2.41. The fourth-order valence-electron chi connectivity index (χ4n) is 2.37. The van der Waals surface area contributed by atoms with Gasteiger partial charge in [-0.2, -0.15) is 0 Å². The summed E-state index contributed by atoms with van der Waals surface area (Å²) in [5.41, 5.74) is 0.330. The third-order valence-electron chi connectivity index (χ3n) is 3.31. The van der Waals surface area contributed by atoms with Gasteiger partial charge >= 0.3 is 5.97 Å². The van der Waals surface area contributed by atoms with E-state index in [4.69, 9.17) is 4.74 Å². The van der Waals surface area contributed by atoms with Gasteiger partial charge in [-0.25, -0.2) is 4.98 Å². The van der Waals surface area contributed by atoms with E-state index < -0.39 is 5.60 Å². The number of hydrogen-bond acceptors (Lipinski definition) is 5. The molecule has 4 nitrogen and oxygen atoms in total. The van der Waals surface area contributed by atoms with E-state index >= 15 is 0 Å². The van der Waals surface area contributed by atoms with Gasteiger partial charge in [-0.3, -0.25) is 4.79 Å². The first-order valence-electron chi connectivity index (χ1n) is 6.51. The molecule has 18 heavy (non-hydrogen) atoms. The zero-order valence-corrected chi connectivity index (χ0v) is 12.0. The number of ether oxygens (including phenoxy) is 1. The minimum atomic E-state index is -0.541. The van der Waals surface area contributed by atoms with Crippen LogP contribution in [0.2, 0.25) is 0 Å². The molecule has 1 aliphatic heterocycles. The Labute approximate surface area is 112 Å². The van der Waals surface area contributed by atoms with Gasteiger partial charge in [-0.1, -0.05) is 13.3 Å². The summed E-state index contributed by atoms with van der Waals surface area (Å²) in [5, 5.41) is 6.06. The van der Waals surface area contributed by atoms with Crippen LogP contribution in [0.5, 0.6) is 0 Å². The first kappa shape index (κ1) is 13.3. The SMILES string of the molecule is CCC[C@H]1C[C@@](C)(c2csc(NCC)n2)OC1=O. The summed E-state index contributed by atoms with van der Waals surface area (Å²) in [6.07, 6.45) is 2.66. The molecule has 0 radical (unpaired) electrons. The van der Waals surface area contributed by atoms with Crippen LogP contribution in [-0.2, 0) is 15.1 Å². The molecule has 1 N–H and O–H groups in total. The van der Waals surface area contributed by atoms with E-state index in [0.29, 0.717) is 0 Å². The smallest absolute Gasteiger partial charge is 0.310 e. The van der Waals surface area contributed by atoms with Gasteiger partial charge in [0, 0.05) is 18.3 Å². The first-order valence-corrected chi connectivity index (χ1v) is 7.39. The van der Waals surface area contributed by atoms with Gasteiger partial charge in [0.2, 0.25) is 0 Å². The van der Waals surface area contributed by atoms with Crippen LogP contribution in [0, 0.1) is 5.92 Å². The molecular formula is C13H20N2O2S. The number of carbonyl (C=O) groups excluding carboxylic acids is 1. The lowest BCUT2D eigenvalue weighted by atomic mass is 9.91. The highest BCUT2D eigenvalue weighted by Gasteiger charge is 2.45. The molecule has 0 bridgehead atoms. The Morgan fingerprint density at radius 1 is 1.61 bits per heavy atom. The molecule has 5 heteroatoms. The van der Waals surface area contributed by atoms with E-state index in [1.54, 1.807) is 11.3 Å². The van der Waals surface area contributed by atoms with E-state index in [2.05, 4.69) is 17.2 Å². The van der Waals surface area contributed by atoms with Gasteiger partial charge in [-0.05, 0) is 20.3 Å². The molecule has 0 amide bonds.